The van der Waals surface area contributed by atoms with Gasteiger partial charge in [0.2, 0.25) is 0 Å². The highest BCUT2D eigenvalue weighted by molar-refractivity contribution is 6.31. The number of methoxy groups -OCH3 is 1. The molecule has 35 heavy (non-hydrogen) atoms. The second kappa shape index (κ2) is 11.0. The van der Waals surface area contributed by atoms with Crippen molar-refractivity contribution >= 4 is 23.3 Å². The highest BCUT2D eigenvalue weighted by atomic mass is 35.5. The standard InChI is InChI=1S/C27H31ClN4O3/c1-18(2)26-29-19(3)15-25(30-26)31-11-13-32(14-12-31)27(33)20-9-10-23(24(16-20)34-4)35-17-21-7-5-6-8-22(21)28/h5-10,15-16,18H,11-14,17H2,1-4H3. The maximum absolute atomic E-state index is 13.2. The molecular weight excluding hydrogens is 464 g/mol. The smallest absolute Gasteiger partial charge is 0.254 e. The van der Waals surface area contributed by atoms with Crippen LogP contribution in [0.5, 0.6) is 11.5 Å². The molecule has 0 aliphatic carbocycles. The predicted octanol–water partition coefficient (Wildman–Crippen LogP) is 5.11. The van der Waals surface area contributed by atoms with Crippen molar-refractivity contribution in [1.29, 1.82) is 0 Å². The molecule has 1 aromatic heterocycles. The lowest BCUT2D eigenvalue weighted by Gasteiger charge is -2.35. The van der Waals surface area contributed by atoms with E-state index >= 15 is 0 Å². The summed E-state index contributed by atoms with van der Waals surface area (Å²) in [6.07, 6.45) is 0. The number of amides is 1. The quantitative estimate of drug-likeness (QED) is 0.454. The molecule has 2 aromatic carbocycles. The minimum absolute atomic E-state index is 0.0256. The molecule has 1 amide bonds. The van der Waals surface area contributed by atoms with E-state index in [0.29, 0.717) is 41.8 Å². The van der Waals surface area contributed by atoms with Gasteiger partial charge in [0, 0.05) is 60.0 Å². The molecule has 0 N–H and O–H groups in total. The van der Waals surface area contributed by atoms with Gasteiger partial charge in [0.1, 0.15) is 18.2 Å². The number of aromatic nitrogens is 2. The normalized spacial score (nSPS) is 13.8. The second-order valence-corrected chi connectivity index (χ2v) is 9.31. The number of benzene rings is 2. The van der Waals surface area contributed by atoms with Gasteiger partial charge in [-0.25, -0.2) is 9.97 Å². The molecule has 184 valence electrons. The van der Waals surface area contributed by atoms with E-state index in [4.69, 9.17) is 26.1 Å². The summed E-state index contributed by atoms with van der Waals surface area (Å²) in [6, 6.07) is 14.8. The number of rotatable bonds is 7. The molecule has 0 saturated carbocycles. The molecule has 0 atom stereocenters. The van der Waals surface area contributed by atoms with Crippen LogP contribution in [0.15, 0.2) is 48.5 Å². The van der Waals surface area contributed by atoms with Crippen LogP contribution < -0.4 is 14.4 Å². The van der Waals surface area contributed by atoms with Gasteiger partial charge in [-0.3, -0.25) is 4.79 Å². The Bertz CT molecular complexity index is 1190. The van der Waals surface area contributed by atoms with Crippen molar-refractivity contribution < 1.29 is 14.3 Å². The van der Waals surface area contributed by atoms with Crippen molar-refractivity contribution in [3.63, 3.8) is 0 Å². The van der Waals surface area contributed by atoms with Gasteiger partial charge in [0.15, 0.2) is 11.5 Å². The Kier molecular flexibility index (Phi) is 7.76. The van der Waals surface area contributed by atoms with E-state index in [-0.39, 0.29) is 11.8 Å². The molecule has 4 rings (SSSR count). The van der Waals surface area contributed by atoms with Crippen molar-refractivity contribution in [2.24, 2.45) is 0 Å². The van der Waals surface area contributed by atoms with Crippen LogP contribution in [0.4, 0.5) is 5.82 Å². The van der Waals surface area contributed by atoms with Gasteiger partial charge in [-0.15, -0.1) is 0 Å². The number of anilines is 1. The molecule has 8 heteroatoms. The first kappa shape index (κ1) is 24.8. The van der Waals surface area contributed by atoms with Crippen molar-refractivity contribution in [3.8, 4) is 11.5 Å². The van der Waals surface area contributed by atoms with Gasteiger partial charge in [0.05, 0.1) is 7.11 Å². The van der Waals surface area contributed by atoms with E-state index < -0.39 is 0 Å². The third-order valence-corrected chi connectivity index (χ3v) is 6.39. The molecule has 7 nitrogen and oxygen atoms in total. The maximum Gasteiger partial charge on any atom is 0.254 e. The van der Waals surface area contributed by atoms with Crippen LogP contribution in [0.25, 0.3) is 0 Å². The van der Waals surface area contributed by atoms with Crippen LogP contribution in [0.2, 0.25) is 5.02 Å². The van der Waals surface area contributed by atoms with Crippen LogP contribution in [-0.4, -0.2) is 54.1 Å². The molecule has 1 fully saturated rings. The molecule has 0 unspecified atom stereocenters. The average Bonchev–Trinajstić information content (AvgIpc) is 2.87. The van der Waals surface area contributed by atoms with E-state index in [2.05, 4.69) is 23.7 Å². The summed E-state index contributed by atoms with van der Waals surface area (Å²) in [5.41, 5.74) is 2.41. The Morgan fingerprint density at radius 3 is 2.46 bits per heavy atom. The number of aryl methyl sites for hydroxylation is 1. The molecule has 3 aromatic rings. The summed E-state index contributed by atoms with van der Waals surface area (Å²) in [7, 11) is 1.57. The van der Waals surface area contributed by atoms with Gasteiger partial charge >= 0.3 is 0 Å². The molecule has 0 spiro atoms. The van der Waals surface area contributed by atoms with Crippen LogP contribution in [0.1, 0.15) is 47.2 Å². The Labute approximate surface area is 211 Å². The molecule has 1 saturated heterocycles. The first-order chi connectivity index (χ1) is 16.9. The first-order valence-corrected chi connectivity index (χ1v) is 12.2. The van der Waals surface area contributed by atoms with Crippen molar-refractivity contribution in [2.45, 2.75) is 33.3 Å². The predicted molar refractivity (Wildman–Crippen MR) is 138 cm³/mol. The summed E-state index contributed by atoms with van der Waals surface area (Å²) in [5.74, 6) is 3.09. The zero-order valence-corrected chi connectivity index (χ0v) is 21.4. The third kappa shape index (κ3) is 5.85. The highest BCUT2D eigenvalue weighted by Crippen LogP contribution is 2.30. The van der Waals surface area contributed by atoms with Crippen molar-refractivity contribution in [3.05, 3.63) is 76.2 Å². The SMILES string of the molecule is COc1cc(C(=O)N2CCN(c3cc(C)nc(C(C)C)n3)CC2)ccc1OCc1ccccc1Cl. The minimum Gasteiger partial charge on any atom is -0.493 e. The van der Waals surface area contributed by atoms with Crippen LogP contribution in [-0.2, 0) is 6.61 Å². The number of hydrogen-bond donors (Lipinski definition) is 0. The lowest BCUT2D eigenvalue weighted by Crippen LogP contribution is -2.49. The number of piperazine rings is 1. The zero-order valence-electron chi connectivity index (χ0n) is 20.6. The third-order valence-electron chi connectivity index (χ3n) is 6.02. The van der Waals surface area contributed by atoms with Crippen LogP contribution in [0, 0.1) is 6.92 Å². The number of carbonyl (C=O) groups is 1. The Balaban J connectivity index is 1.40. The number of ether oxygens (including phenoxy) is 2. The Morgan fingerprint density at radius 2 is 1.77 bits per heavy atom. The largest absolute Gasteiger partial charge is 0.493 e. The fourth-order valence-corrected chi connectivity index (χ4v) is 4.20. The summed E-state index contributed by atoms with van der Waals surface area (Å²) in [4.78, 5) is 26.6. The fourth-order valence-electron chi connectivity index (χ4n) is 4.01. The minimum atomic E-state index is -0.0256. The van der Waals surface area contributed by atoms with E-state index in [1.54, 1.807) is 25.3 Å². The van der Waals surface area contributed by atoms with Crippen LogP contribution in [0.3, 0.4) is 0 Å². The summed E-state index contributed by atoms with van der Waals surface area (Å²) in [5, 5.41) is 0.648. The van der Waals surface area contributed by atoms with Gasteiger partial charge in [0.25, 0.3) is 5.91 Å². The maximum atomic E-state index is 13.2. The number of halogens is 1. The zero-order chi connectivity index (χ0) is 24.9. The van der Waals surface area contributed by atoms with Gasteiger partial charge < -0.3 is 19.3 Å². The summed E-state index contributed by atoms with van der Waals surface area (Å²) >= 11 is 6.22. The lowest BCUT2D eigenvalue weighted by molar-refractivity contribution is 0.0746. The van der Waals surface area contributed by atoms with E-state index in [9.17, 15) is 4.79 Å². The monoisotopic (exact) mass is 494 g/mol. The van der Waals surface area contributed by atoms with E-state index in [0.717, 1.165) is 36.0 Å². The van der Waals surface area contributed by atoms with Gasteiger partial charge in [-0.05, 0) is 31.2 Å². The van der Waals surface area contributed by atoms with E-state index in [1.807, 2.05) is 42.2 Å². The highest BCUT2D eigenvalue weighted by Gasteiger charge is 2.24. The molecule has 0 radical (unpaired) electrons. The molecule has 1 aliphatic rings. The number of nitrogens with zero attached hydrogens (tertiary/aromatic N) is 4. The van der Waals surface area contributed by atoms with Gasteiger partial charge in [-0.2, -0.15) is 0 Å². The molecular formula is C27H31ClN4O3. The first-order valence-electron chi connectivity index (χ1n) is 11.8. The lowest BCUT2D eigenvalue weighted by atomic mass is 10.1. The van der Waals surface area contributed by atoms with Crippen molar-refractivity contribution in [2.75, 3.05) is 38.2 Å². The number of hydrogen-bond acceptors (Lipinski definition) is 6. The molecule has 1 aliphatic heterocycles. The Hall–Kier alpha value is -3.32. The van der Waals surface area contributed by atoms with Crippen molar-refractivity contribution in [1.82, 2.24) is 14.9 Å². The van der Waals surface area contributed by atoms with E-state index in [1.165, 1.54) is 0 Å². The second-order valence-electron chi connectivity index (χ2n) is 8.91. The van der Waals surface area contributed by atoms with Crippen LogP contribution >= 0.6 is 11.6 Å². The summed E-state index contributed by atoms with van der Waals surface area (Å²) in [6.45, 7) is 9.16. The topological polar surface area (TPSA) is 67.8 Å². The average molecular weight is 495 g/mol. The summed E-state index contributed by atoms with van der Waals surface area (Å²) < 4.78 is 11.4. The fraction of sp³-hybridized carbons (Fsp3) is 0.370. The van der Waals surface area contributed by atoms with Gasteiger partial charge in [-0.1, -0.05) is 43.6 Å². The molecule has 2 heterocycles. The number of carbonyl (C=O) groups excluding carboxylic acids is 1. The Morgan fingerprint density at radius 1 is 1.03 bits per heavy atom. The molecule has 0 bridgehead atoms.